The van der Waals surface area contributed by atoms with Gasteiger partial charge in [-0.15, -0.1) is 0 Å². The molecule has 3 aromatic heterocycles. The number of fused-ring (bicyclic) bond motifs is 1. The molecule has 0 saturated carbocycles. The highest BCUT2D eigenvalue weighted by Gasteiger charge is 2.23. The maximum Gasteiger partial charge on any atom is 0.139 e. The van der Waals surface area contributed by atoms with Crippen LogP contribution in [0.2, 0.25) is 0 Å². The summed E-state index contributed by atoms with van der Waals surface area (Å²) in [5.74, 6) is 7.03. The number of aromatic nitrogens is 4. The van der Waals surface area contributed by atoms with Crippen LogP contribution in [0.3, 0.4) is 0 Å². The van der Waals surface area contributed by atoms with E-state index < -0.39 is 14.8 Å². The third-order valence-corrected chi connectivity index (χ3v) is 8.57. The lowest BCUT2D eigenvalue weighted by Crippen LogP contribution is -2.31. The molecule has 0 radical (unpaired) electrons. The van der Waals surface area contributed by atoms with Crippen LogP contribution in [0.25, 0.3) is 22.0 Å². The normalized spacial score (nSPS) is 17.1. The molecule has 0 spiro atoms. The lowest BCUT2D eigenvalue weighted by molar-refractivity contribution is 0.0808. The third kappa shape index (κ3) is 7.13. The summed E-state index contributed by atoms with van der Waals surface area (Å²) in [5.41, 5.74) is 2.88. The second-order valence-electron chi connectivity index (χ2n) is 12.9. The van der Waals surface area contributed by atoms with Gasteiger partial charge in [0.05, 0.1) is 24.5 Å². The zero-order chi connectivity index (χ0) is 26.2. The Bertz CT molecular complexity index is 1270. The fraction of sp³-hybridized carbons (Fsp3) is 0.571. The van der Waals surface area contributed by atoms with Gasteiger partial charge in [-0.3, -0.25) is 9.16 Å². The molecule has 3 aromatic rings. The molecular formula is C28H43N5O2S. The summed E-state index contributed by atoms with van der Waals surface area (Å²) in [5, 5.41) is 15.7. The standard InChI is InChI=1S/C28H43N5O2S/c1-28(2,34)11-8-23-16-25-26(20-33(27(25)18-29-23)24-9-12-31(3)13-10-24)22-17-30-32(19-22)21-35-14-15-36(4,5,6)7/h16-20,24,34,36H,9-10,12-15,21H2,1-7H3. The van der Waals surface area contributed by atoms with E-state index in [4.69, 9.17) is 4.74 Å². The number of aliphatic hydroxyl groups is 1. The predicted molar refractivity (Wildman–Crippen MR) is 153 cm³/mol. The number of hydrogen-bond donors (Lipinski definition) is 2. The molecule has 1 aliphatic heterocycles. The highest BCUT2D eigenvalue weighted by molar-refractivity contribution is 8.47. The number of nitrogens with zero attached hydrogens (tertiary/aromatic N) is 5. The van der Waals surface area contributed by atoms with Crippen molar-refractivity contribution in [1.29, 1.82) is 0 Å². The molecule has 8 heteroatoms. The Balaban J connectivity index is 1.63. The molecule has 4 rings (SSSR count). The van der Waals surface area contributed by atoms with Crippen molar-refractivity contribution >= 4 is 20.1 Å². The molecule has 4 heterocycles. The maximum absolute atomic E-state index is 10.0. The van der Waals surface area contributed by atoms with Gasteiger partial charge in [-0.2, -0.15) is 5.10 Å². The minimum Gasteiger partial charge on any atom is -0.378 e. The van der Waals surface area contributed by atoms with Crippen molar-refractivity contribution in [3.05, 3.63) is 36.5 Å². The fourth-order valence-electron chi connectivity index (χ4n) is 4.40. The Morgan fingerprint density at radius 2 is 1.86 bits per heavy atom. The molecule has 0 aromatic carbocycles. The summed E-state index contributed by atoms with van der Waals surface area (Å²) >= 11 is 0. The van der Waals surface area contributed by atoms with E-state index >= 15 is 0 Å². The topological polar surface area (TPSA) is 68.3 Å². The second kappa shape index (κ2) is 9.86. The van der Waals surface area contributed by atoms with Gasteiger partial charge in [-0.05, 0) is 89.6 Å². The van der Waals surface area contributed by atoms with Gasteiger partial charge in [0.2, 0.25) is 0 Å². The van der Waals surface area contributed by atoms with Crippen molar-refractivity contribution in [2.24, 2.45) is 0 Å². The zero-order valence-corrected chi connectivity index (χ0v) is 23.8. The van der Waals surface area contributed by atoms with Crippen LogP contribution in [-0.2, 0) is 11.5 Å². The Labute approximate surface area is 216 Å². The molecule has 0 unspecified atom stereocenters. The second-order valence-corrected chi connectivity index (χ2v) is 21.2. The summed E-state index contributed by atoms with van der Waals surface area (Å²) < 4.78 is 10.2. The molecule has 0 atom stereocenters. The Morgan fingerprint density at radius 3 is 2.53 bits per heavy atom. The highest BCUT2D eigenvalue weighted by Crippen LogP contribution is 2.54. The Hall–Kier alpha value is -2.31. The molecule has 198 valence electrons. The zero-order valence-electron chi connectivity index (χ0n) is 23.0. The van der Waals surface area contributed by atoms with Gasteiger partial charge in [0, 0.05) is 34.9 Å². The first-order valence-corrected chi connectivity index (χ1v) is 17.0. The molecule has 7 nitrogen and oxygen atoms in total. The van der Waals surface area contributed by atoms with E-state index in [0.29, 0.717) is 18.5 Å². The van der Waals surface area contributed by atoms with Crippen LogP contribution in [0.4, 0.5) is 0 Å². The van der Waals surface area contributed by atoms with Crippen LogP contribution in [0.1, 0.15) is 38.4 Å². The van der Waals surface area contributed by atoms with Crippen molar-refractivity contribution in [3.8, 4) is 23.0 Å². The van der Waals surface area contributed by atoms with Gasteiger partial charge in [0.25, 0.3) is 0 Å². The highest BCUT2D eigenvalue weighted by atomic mass is 32.3. The van der Waals surface area contributed by atoms with Crippen LogP contribution in [0.15, 0.2) is 30.9 Å². The smallest absolute Gasteiger partial charge is 0.139 e. The van der Waals surface area contributed by atoms with E-state index in [9.17, 15) is 5.11 Å². The maximum atomic E-state index is 10.0. The van der Waals surface area contributed by atoms with Crippen LogP contribution >= 0.6 is 9.16 Å². The number of likely N-dealkylation sites (tertiary alicyclic amines) is 1. The minimum absolute atomic E-state index is 0.439. The summed E-state index contributed by atoms with van der Waals surface area (Å²) in [6, 6.07) is 2.48. The molecule has 36 heavy (non-hydrogen) atoms. The van der Waals surface area contributed by atoms with E-state index in [1.807, 2.05) is 23.1 Å². The monoisotopic (exact) mass is 513 g/mol. The third-order valence-electron chi connectivity index (χ3n) is 6.60. The Kier molecular flexibility index (Phi) is 7.33. The first kappa shape index (κ1) is 26.7. The number of piperidine rings is 1. The van der Waals surface area contributed by atoms with Crippen molar-refractivity contribution in [1.82, 2.24) is 24.2 Å². The van der Waals surface area contributed by atoms with Gasteiger partial charge in [-0.1, -0.05) is 5.92 Å². The molecule has 1 aliphatic rings. The summed E-state index contributed by atoms with van der Waals surface area (Å²) in [4.78, 5) is 7.00. The SMILES string of the molecule is CN1CCC(n2cc(-c3cnn(COCC[SH](C)(C)(C)C)c3)c3cc(C#CC(C)(C)O)ncc32)CC1. The lowest BCUT2D eigenvalue weighted by Gasteiger charge is -2.46. The lowest BCUT2D eigenvalue weighted by atomic mass is 10.1. The van der Waals surface area contributed by atoms with Gasteiger partial charge in [0.1, 0.15) is 18.0 Å². The van der Waals surface area contributed by atoms with Crippen LogP contribution in [-0.4, -0.2) is 92.5 Å². The van der Waals surface area contributed by atoms with Gasteiger partial charge >= 0.3 is 0 Å². The van der Waals surface area contributed by atoms with Crippen molar-refractivity contribution < 1.29 is 9.84 Å². The molecular weight excluding hydrogens is 470 g/mol. The Morgan fingerprint density at radius 1 is 1.14 bits per heavy atom. The predicted octanol–water partition coefficient (Wildman–Crippen LogP) is 3.85. The number of pyridine rings is 1. The van der Waals surface area contributed by atoms with Gasteiger partial charge < -0.3 is 19.3 Å². The number of thiol groups is 1. The molecule has 0 aliphatic carbocycles. The first-order chi connectivity index (χ1) is 16.7. The van der Waals surface area contributed by atoms with Crippen molar-refractivity contribution in [2.75, 3.05) is 57.5 Å². The van der Waals surface area contributed by atoms with Crippen molar-refractivity contribution in [3.63, 3.8) is 0 Å². The van der Waals surface area contributed by atoms with E-state index in [-0.39, 0.29) is 0 Å². The first-order valence-electron chi connectivity index (χ1n) is 12.8. The minimum atomic E-state index is -1.57. The largest absolute Gasteiger partial charge is 0.378 e. The number of rotatable bonds is 7. The van der Waals surface area contributed by atoms with Crippen LogP contribution in [0, 0.1) is 11.8 Å². The van der Waals surface area contributed by atoms with E-state index in [1.54, 1.807) is 13.8 Å². The van der Waals surface area contributed by atoms with Crippen molar-refractivity contribution in [2.45, 2.75) is 45.1 Å². The summed E-state index contributed by atoms with van der Waals surface area (Å²) in [6.45, 7) is 6.74. The van der Waals surface area contributed by atoms with Crippen LogP contribution in [0.5, 0.6) is 0 Å². The molecule has 1 fully saturated rings. The molecule has 1 saturated heterocycles. The molecule has 0 bridgehead atoms. The molecule has 1 N–H and O–H groups in total. The molecule has 0 amide bonds. The quantitative estimate of drug-likeness (QED) is 0.285. The summed E-state index contributed by atoms with van der Waals surface area (Å²) in [7, 11) is 0.615. The average Bonchev–Trinajstić information content (AvgIpc) is 3.39. The van der Waals surface area contributed by atoms with Gasteiger partial charge in [-0.25, -0.2) is 9.67 Å². The average molecular weight is 514 g/mol. The fourth-order valence-corrected chi connectivity index (χ4v) is 5.26. The van der Waals surface area contributed by atoms with Gasteiger partial charge in [0.15, 0.2) is 0 Å². The van der Waals surface area contributed by atoms with E-state index in [0.717, 1.165) is 60.3 Å². The van der Waals surface area contributed by atoms with E-state index in [1.165, 1.54) is 0 Å². The number of hydrogen-bond acceptors (Lipinski definition) is 5. The van der Waals surface area contributed by atoms with Crippen LogP contribution < -0.4 is 0 Å². The summed E-state index contributed by atoms with van der Waals surface area (Å²) in [6.07, 6.45) is 19.9. The van der Waals surface area contributed by atoms with E-state index in [2.05, 4.69) is 75.9 Å². The number of ether oxygens (including phenoxy) is 1.